The van der Waals surface area contributed by atoms with Crippen molar-refractivity contribution in [3.8, 4) is 11.1 Å². The number of rotatable bonds is 4. The Bertz CT molecular complexity index is 1210. The molecule has 4 aromatic rings. The Morgan fingerprint density at radius 2 is 1.16 bits per heavy atom. The monoisotopic (exact) mass is 440 g/mol. The number of carbonyl (C=O) groups excluding carboxylic acids is 2. The van der Waals surface area contributed by atoms with Crippen LogP contribution in [0.25, 0.3) is 11.1 Å². The van der Waals surface area contributed by atoms with Gasteiger partial charge in [0.05, 0.1) is 9.75 Å². The van der Waals surface area contributed by atoms with E-state index in [2.05, 4.69) is 24.3 Å². The van der Waals surface area contributed by atoms with Crippen molar-refractivity contribution in [1.29, 1.82) is 0 Å². The largest absolute Gasteiger partial charge is 0.288 e. The number of carbonyl (C=O) groups is 2. The van der Waals surface area contributed by atoms with Gasteiger partial charge in [-0.2, -0.15) is 0 Å². The standard InChI is InChI=1S/C27H20O2S2/c28-25(23-5-3-13-30-23)17-7-9-19-20-10-8-18(26(29)24-6-4-14-31-24)16-22(20)27(21(19)15-17)11-1-2-12-27/h3-10,13-16H,1-2,11-12H2. The van der Waals surface area contributed by atoms with Crippen molar-refractivity contribution >= 4 is 34.2 Å². The van der Waals surface area contributed by atoms with Crippen LogP contribution in [0.15, 0.2) is 71.4 Å². The third kappa shape index (κ3) is 2.82. The van der Waals surface area contributed by atoms with Crippen molar-refractivity contribution < 1.29 is 9.59 Å². The Labute approximate surface area is 189 Å². The van der Waals surface area contributed by atoms with Gasteiger partial charge in [0.1, 0.15) is 0 Å². The Balaban J connectivity index is 1.48. The van der Waals surface area contributed by atoms with E-state index in [9.17, 15) is 9.59 Å². The van der Waals surface area contributed by atoms with Crippen molar-refractivity contribution in [2.45, 2.75) is 31.1 Å². The lowest BCUT2D eigenvalue weighted by molar-refractivity contribution is 0.103. The van der Waals surface area contributed by atoms with Gasteiger partial charge in [0.25, 0.3) is 0 Å². The van der Waals surface area contributed by atoms with E-state index in [0.29, 0.717) is 0 Å². The molecule has 0 radical (unpaired) electrons. The molecule has 152 valence electrons. The van der Waals surface area contributed by atoms with Gasteiger partial charge in [-0.15, -0.1) is 22.7 Å². The molecular formula is C27H20O2S2. The highest BCUT2D eigenvalue weighted by Crippen LogP contribution is 2.57. The molecule has 2 aliphatic rings. The second kappa shape index (κ2) is 7.11. The lowest BCUT2D eigenvalue weighted by Crippen LogP contribution is -2.21. The summed E-state index contributed by atoms with van der Waals surface area (Å²) in [4.78, 5) is 27.6. The molecule has 1 spiro atoms. The van der Waals surface area contributed by atoms with Crippen molar-refractivity contribution in [2.75, 3.05) is 0 Å². The van der Waals surface area contributed by atoms with Gasteiger partial charge in [-0.3, -0.25) is 9.59 Å². The molecule has 0 saturated heterocycles. The Morgan fingerprint density at radius 1 is 0.677 bits per heavy atom. The number of fused-ring (bicyclic) bond motifs is 5. The van der Waals surface area contributed by atoms with Gasteiger partial charge in [0, 0.05) is 16.5 Å². The fourth-order valence-electron chi connectivity index (χ4n) is 5.39. The van der Waals surface area contributed by atoms with Gasteiger partial charge in [-0.25, -0.2) is 0 Å². The van der Waals surface area contributed by atoms with Crippen LogP contribution in [0.1, 0.15) is 67.3 Å². The highest BCUT2D eigenvalue weighted by atomic mass is 32.1. The maximum Gasteiger partial charge on any atom is 0.202 e. The van der Waals surface area contributed by atoms with Gasteiger partial charge in [0.15, 0.2) is 0 Å². The molecule has 1 fully saturated rings. The van der Waals surface area contributed by atoms with Crippen LogP contribution >= 0.6 is 22.7 Å². The number of hydrogen-bond donors (Lipinski definition) is 0. The van der Waals surface area contributed by atoms with E-state index in [-0.39, 0.29) is 17.0 Å². The van der Waals surface area contributed by atoms with E-state index in [0.717, 1.165) is 33.7 Å². The molecule has 0 atom stereocenters. The second-order valence-electron chi connectivity index (χ2n) is 8.42. The fourth-order valence-corrected chi connectivity index (χ4v) is 6.77. The minimum Gasteiger partial charge on any atom is -0.288 e. The Hall–Kier alpha value is -2.82. The number of hydrogen-bond acceptors (Lipinski definition) is 4. The van der Waals surface area contributed by atoms with Crippen molar-refractivity contribution in [3.05, 3.63) is 103 Å². The Kier molecular flexibility index (Phi) is 4.34. The normalized spacial score (nSPS) is 15.7. The van der Waals surface area contributed by atoms with Crippen LogP contribution in [0.5, 0.6) is 0 Å². The molecule has 2 aliphatic carbocycles. The molecule has 0 aliphatic heterocycles. The molecule has 0 amide bonds. The maximum atomic E-state index is 13.0. The van der Waals surface area contributed by atoms with Crippen molar-refractivity contribution in [3.63, 3.8) is 0 Å². The van der Waals surface area contributed by atoms with Crippen LogP contribution in [0.4, 0.5) is 0 Å². The van der Waals surface area contributed by atoms with Crippen molar-refractivity contribution in [2.24, 2.45) is 0 Å². The molecular weight excluding hydrogens is 420 g/mol. The fraction of sp³-hybridized carbons (Fsp3) is 0.185. The van der Waals surface area contributed by atoms with Gasteiger partial charge in [-0.05, 0) is 70.1 Å². The zero-order chi connectivity index (χ0) is 21.0. The van der Waals surface area contributed by atoms with E-state index in [4.69, 9.17) is 0 Å². The molecule has 2 heterocycles. The quantitative estimate of drug-likeness (QED) is 0.317. The first-order chi connectivity index (χ1) is 15.2. The Morgan fingerprint density at radius 3 is 1.58 bits per heavy atom. The summed E-state index contributed by atoms with van der Waals surface area (Å²) in [6, 6.07) is 20.0. The molecule has 2 aromatic heterocycles. The smallest absolute Gasteiger partial charge is 0.202 e. The van der Waals surface area contributed by atoms with Crippen molar-refractivity contribution in [1.82, 2.24) is 0 Å². The molecule has 1 saturated carbocycles. The van der Waals surface area contributed by atoms with E-state index in [1.807, 2.05) is 47.2 Å². The minimum atomic E-state index is -0.0812. The lowest BCUT2D eigenvalue weighted by Gasteiger charge is -2.27. The first kappa shape index (κ1) is 18.9. The average molecular weight is 441 g/mol. The maximum absolute atomic E-state index is 13.0. The van der Waals surface area contributed by atoms with Crippen LogP contribution in [0.2, 0.25) is 0 Å². The van der Waals surface area contributed by atoms with E-state index >= 15 is 0 Å². The van der Waals surface area contributed by atoms with Crippen LogP contribution in [0, 0.1) is 0 Å². The van der Waals surface area contributed by atoms with Gasteiger partial charge >= 0.3 is 0 Å². The highest BCUT2D eigenvalue weighted by molar-refractivity contribution is 7.12. The predicted molar refractivity (Wildman–Crippen MR) is 127 cm³/mol. The van der Waals surface area contributed by atoms with E-state index < -0.39 is 0 Å². The molecule has 0 bridgehead atoms. The van der Waals surface area contributed by atoms with Crippen LogP contribution < -0.4 is 0 Å². The number of benzene rings is 2. The summed E-state index contributed by atoms with van der Waals surface area (Å²) in [5, 5.41) is 3.89. The zero-order valence-corrected chi connectivity index (χ0v) is 18.5. The predicted octanol–water partition coefficient (Wildman–Crippen LogP) is 7.11. The first-order valence-electron chi connectivity index (χ1n) is 10.6. The van der Waals surface area contributed by atoms with Crippen LogP contribution in [0.3, 0.4) is 0 Å². The summed E-state index contributed by atoms with van der Waals surface area (Å²) < 4.78 is 0. The number of thiophene rings is 2. The third-order valence-corrected chi connectivity index (χ3v) is 8.57. The molecule has 6 rings (SSSR count). The molecule has 0 N–H and O–H groups in total. The zero-order valence-electron chi connectivity index (χ0n) is 16.9. The first-order valence-corrected chi connectivity index (χ1v) is 12.4. The second-order valence-corrected chi connectivity index (χ2v) is 10.3. The average Bonchev–Trinajstić information content (AvgIpc) is 3.62. The topological polar surface area (TPSA) is 34.1 Å². The van der Waals surface area contributed by atoms with Crippen LogP contribution in [-0.2, 0) is 5.41 Å². The summed E-state index contributed by atoms with van der Waals surface area (Å²) in [5.74, 6) is 0.186. The van der Waals surface area contributed by atoms with Gasteiger partial charge in [-0.1, -0.05) is 49.2 Å². The van der Waals surface area contributed by atoms with Crippen LogP contribution in [-0.4, -0.2) is 11.6 Å². The molecule has 31 heavy (non-hydrogen) atoms. The SMILES string of the molecule is O=C(c1ccc2c(c1)C1(CCCC1)c1cc(C(=O)c3cccs3)ccc1-2)c1cccs1. The summed E-state index contributed by atoms with van der Waals surface area (Å²) in [7, 11) is 0. The lowest BCUT2D eigenvalue weighted by atomic mass is 9.76. The van der Waals surface area contributed by atoms with Gasteiger partial charge < -0.3 is 0 Å². The molecule has 0 unspecified atom stereocenters. The highest BCUT2D eigenvalue weighted by Gasteiger charge is 2.45. The minimum absolute atomic E-state index is 0.0812. The summed E-state index contributed by atoms with van der Waals surface area (Å²) >= 11 is 2.98. The molecule has 2 aromatic carbocycles. The third-order valence-electron chi connectivity index (χ3n) is 6.83. The summed E-state index contributed by atoms with van der Waals surface area (Å²) in [6.07, 6.45) is 4.48. The summed E-state index contributed by atoms with van der Waals surface area (Å²) in [6.45, 7) is 0. The molecule has 4 heteroatoms. The van der Waals surface area contributed by atoms with Gasteiger partial charge in [0.2, 0.25) is 11.6 Å². The van der Waals surface area contributed by atoms with E-state index in [1.165, 1.54) is 57.8 Å². The number of ketones is 2. The summed E-state index contributed by atoms with van der Waals surface area (Å²) in [5.41, 5.74) is 6.41. The molecule has 2 nitrogen and oxygen atoms in total. The van der Waals surface area contributed by atoms with E-state index in [1.54, 1.807) is 0 Å².